The van der Waals surface area contributed by atoms with Crippen LogP contribution in [-0.2, 0) is 21.1 Å². The Labute approximate surface area is 126 Å². The summed E-state index contributed by atoms with van der Waals surface area (Å²) in [4.78, 5) is 12.2. The quantitative estimate of drug-likeness (QED) is 0.877. The molecule has 0 radical (unpaired) electrons. The van der Waals surface area contributed by atoms with Crippen molar-refractivity contribution in [2.75, 3.05) is 12.3 Å². The molecule has 5 heteroatoms. The van der Waals surface area contributed by atoms with Crippen LogP contribution in [-0.4, -0.2) is 26.6 Å². The van der Waals surface area contributed by atoms with Crippen LogP contribution in [0.3, 0.4) is 0 Å². The van der Waals surface area contributed by atoms with Crippen LogP contribution in [0.25, 0.3) is 0 Å². The highest BCUT2D eigenvalue weighted by Crippen LogP contribution is 2.24. The molecule has 0 unspecified atom stereocenters. The van der Waals surface area contributed by atoms with Crippen molar-refractivity contribution in [3.8, 4) is 0 Å². The van der Waals surface area contributed by atoms with Gasteiger partial charge in [-0.05, 0) is 37.0 Å². The van der Waals surface area contributed by atoms with Crippen LogP contribution in [0.1, 0.15) is 38.2 Å². The van der Waals surface area contributed by atoms with Crippen molar-refractivity contribution in [1.29, 1.82) is 0 Å². The van der Waals surface area contributed by atoms with E-state index in [2.05, 4.69) is 5.32 Å². The molecule has 116 valence electrons. The summed E-state index contributed by atoms with van der Waals surface area (Å²) in [5.41, 5.74) is 1.04. The number of sulfone groups is 1. The molecule has 0 atom stereocenters. The number of amides is 1. The van der Waals surface area contributed by atoms with Gasteiger partial charge in [-0.25, -0.2) is 8.42 Å². The van der Waals surface area contributed by atoms with E-state index in [1.165, 1.54) is 0 Å². The first kappa shape index (κ1) is 16.0. The first-order valence-electron chi connectivity index (χ1n) is 7.62. The smallest absolute Gasteiger partial charge is 0.223 e. The summed E-state index contributed by atoms with van der Waals surface area (Å²) in [6.45, 7) is 2.25. The third-order valence-corrected chi connectivity index (χ3v) is 5.85. The molecule has 0 saturated heterocycles. The van der Waals surface area contributed by atoms with Crippen LogP contribution in [0.4, 0.5) is 0 Å². The van der Waals surface area contributed by atoms with Gasteiger partial charge in [-0.1, -0.05) is 31.9 Å². The third kappa shape index (κ3) is 4.30. The highest BCUT2D eigenvalue weighted by molar-refractivity contribution is 7.91. The molecular weight excluding hydrogens is 286 g/mol. The normalized spacial score (nSPS) is 16.0. The van der Waals surface area contributed by atoms with E-state index in [0.717, 1.165) is 37.7 Å². The molecule has 1 saturated carbocycles. The summed E-state index contributed by atoms with van der Waals surface area (Å²) >= 11 is 0. The molecule has 1 aliphatic carbocycles. The van der Waals surface area contributed by atoms with Crippen molar-refractivity contribution >= 4 is 15.7 Å². The number of hydrogen-bond donors (Lipinski definition) is 1. The average Bonchev–Trinajstić information content (AvgIpc) is 3.02. The second-order valence-electron chi connectivity index (χ2n) is 5.57. The fourth-order valence-corrected chi connectivity index (χ4v) is 3.58. The minimum atomic E-state index is -3.13. The van der Waals surface area contributed by atoms with Crippen molar-refractivity contribution in [3.63, 3.8) is 0 Å². The Hall–Kier alpha value is -1.36. The summed E-state index contributed by atoms with van der Waals surface area (Å²) in [7, 11) is -3.13. The molecule has 1 amide bonds. The first-order chi connectivity index (χ1) is 10.0. The van der Waals surface area contributed by atoms with E-state index in [9.17, 15) is 13.2 Å². The Morgan fingerprint density at radius 2 is 1.81 bits per heavy atom. The van der Waals surface area contributed by atoms with Crippen molar-refractivity contribution in [2.24, 2.45) is 5.92 Å². The number of carbonyl (C=O) groups is 1. The maximum atomic E-state index is 11.9. The molecule has 0 heterocycles. The summed E-state index contributed by atoms with van der Waals surface area (Å²) < 4.78 is 23.4. The highest BCUT2D eigenvalue weighted by atomic mass is 32.2. The molecule has 1 aliphatic rings. The lowest BCUT2D eigenvalue weighted by Crippen LogP contribution is -2.30. The van der Waals surface area contributed by atoms with E-state index in [1.54, 1.807) is 19.1 Å². The number of carbonyl (C=O) groups excluding carboxylic acids is 1. The third-order valence-electron chi connectivity index (χ3n) is 4.10. The molecule has 1 aromatic rings. The molecular formula is C16H23NO3S. The van der Waals surface area contributed by atoms with Crippen LogP contribution in [0.5, 0.6) is 0 Å². The second kappa shape index (κ2) is 7.07. The van der Waals surface area contributed by atoms with Gasteiger partial charge in [0.25, 0.3) is 0 Å². The minimum Gasteiger partial charge on any atom is -0.356 e. The molecule has 1 N–H and O–H groups in total. The van der Waals surface area contributed by atoms with E-state index < -0.39 is 9.84 Å². The lowest BCUT2D eigenvalue weighted by Gasteiger charge is -2.10. The van der Waals surface area contributed by atoms with Gasteiger partial charge in [0.2, 0.25) is 5.91 Å². The fraction of sp³-hybridized carbons (Fsp3) is 0.562. The van der Waals surface area contributed by atoms with Crippen LogP contribution in [0.2, 0.25) is 0 Å². The molecule has 21 heavy (non-hydrogen) atoms. The van der Waals surface area contributed by atoms with Gasteiger partial charge >= 0.3 is 0 Å². The second-order valence-corrected chi connectivity index (χ2v) is 7.85. The van der Waals surface area contributed by atoms with Crippen LogP contribution in [0, 0.1) is 5.92 Å². The predicted octanol–water partition coefficient (Wildman–Crippen LogP) is 2.33. The molecule has 0 aliphatic heterocycles. The van der Waals surface area contributed by atoms with E-state index in [1.807, 2.05) is 12.1 Å². The Balaban J connectivity index is 1.82. The zero-order valence-electron chi connectivity index (χ0n) is 12.5. The van der Waals surface area contributed by atoms with Gasteiger partial charge in [0, 0.05) is 12.5 Å². The van der Waals surface area contributed by atoms with Crippen molar-refractivity contribution in [1.82, 2.24) is 5.32 Å². The number of benzene rings is 1. The molecule has 4 nitrogen and oxygen atoms in total. The van der Waals surface area contributed by atoms with Crippen molar-refractivity contribution in [3.05, 3.63) is 29.8 Å². The lowest BCUT2D eigenvalue weighted by molar-refractivity contribution is -0.124. The highest BCUT2D eigenvalue weighted by Gasteiger charge is 2.21. The number of nitrogens with one attached hydrogen (secondary N) is 1. The van der Waals surface area contributed by atoms with Gasteiger partial charge in [-0.2, -0.15) is 0 Å². The maximum Gasteiger partial charge on any atom is 0.223 e. The zero-order valence-corrected chi connectivity index (χ0v) is 13.3. The molecule has 0 spiro atoms. The largest absolute Gasteiger partial charge is 0.356 e. The van der Waals surface area contributed by atoms with Gasteiger partial charge in [-0.15, -0.1) is 0 Å². The van der Waals surface area contributed by atoms with E-state index in [0.29, 0.717) is 11.4 Å². The Morgan fingerprint density at radius 1 is 1.19 bits per heavy atom. The van der Waals surface area contributed by atoms with E-state index in [4.69, 9.17) is 0 Å². The Morgan fingerprint density at radius 3 is 2.38 bits per heavy atom. The average molecular weight is 309 g/mol. The molecule has 0 bridgehead atoms. The number of hydrogen-bond acceptors (Lipinski definition) is 3. The predicted molar refractivity (Wildman–Crippen MR) is 82.8 cm³/mol. The summed E-state index contributed by atoms with van der Waals surface area (Å²) in [5.74, 6) is 0.476. The van der Waals surface area contributed by atoms with Gasteiger partial charge in [-0.3, -0.25) is 4.79 Å². The molecule has 0 aromatic heterocycles. The van der Waals surface area contributed by atoms with E-state index in [-0.39, 0.29) is 17.6 Å². The lowest BCUT2D eigenvalue weighted by atomic mass is 10.1. The van der Waals surface area contributed by atoms with Crippen LogP contribution in [0.15, 0.2) is 29.2 Å². The minimum absolute atomic E-state index is 0.115. The van der Waals surface area contributed by atoms with Gasteiger partial charge in [0.05, 0.1) is 10.6 Å². The first-order valence-corrected chi connectivity index (χ1v) is 9.27. The standard InChI is InChI=1S/C16H23NO3S/c1-2-21(19,20)15-9-7-13(8-10-15)11-12-17-16(18)14-5-3-4-6-14/h7-10,14H,2-6,11-12H2,1H3,(H,17,18). The Kier molecular flexibility index (Phi) is 5.39. The van der Waals surface area contributed by atoms with Gasteiger partial charge < -0.3 is 5.32 Å². The maximum absolute atomic E-state index is 11.9. The summed E-state index contributed by atoms with van der Waals surface area (Å²) in [5, 5.41) is 2.97. The summed E-state index contributed by atoms with van der Waals surface area (Å²) in [6, 6.07) is 6.94. The van der Waals surface area contributed by atoms with Crippen molar-refractivity contribution < 1.29 is 13.2 Å². The molecule has 1 aromatic carbocycles. The van der Waals surface area contributed by atoms with Crippen LogP contribution < -0.4 is 5.32 Å². The van der Waals surface area contributed by atoms with Crippen molar-refractivity contribution in [2.45, 2.75) is 43.9 Å². The van der Waals surface area contributed by atoms with E-state index >= 15 is 0 Å². The monoisotopic (exact) mass is 309 g/mol. The molecule has 1 fully saturated rings. The SMILES string of the molecule is CCS(=O)(=O)c1ccc(CCNC(=O)C2CCCC2)cc1. The topological polar surface area (TPSA) is 63.2 Å². The van der Waals surface area contributed by atoms with Gasteiger partial charge in [0.1, 0.15) is 0 Å². The number of rotatable bonds is 6. The molecule has 2 rings (SSSR count). The zero-order chi connectivity index (χ0) is 15.3. The van der Waals surface area contributed by atoms with Gasteiger partial charge in [0.15, 0.2) is 9.84 Å². The summed E-state index contributed by atoms with van der Waals surface area (Å²) in [6.07, 6.45) is 5.06. The Bertz CT molecular complexity index is 572. The van der Waals surface area contributed by atoms with Crippen LogP contribution >= 0.6 is 0 Å². The fourth-order valence-electron chi connectivity index (χ4n) is 2.69.